The Morgan fingerprint density at radius 2 is 2.03 bits per heavy atom. The summed E-state index contributed by atoms with van der Waals surface area (Å²) < 4.78 is 31.5. The lowest BCUT2D eigenvalue weighted by Gasteiger charge is -2.18. The zero-order valence-corrected chi connectivity index (χ0v) is 19.3. The van der Waals surface area contributed by atoms with Gasteiger partial charge in [0.2, 0.25) is 5.95 Å². The van der Waals surface area contributed by atoms with Crippen molar-refractivity contribution in [3.05, 3.63) is 69.5 Å². The molecule has 0 atom stereocenters. The summed E-state index contributed by atoms with van der Waals surface area (Å²) in [6.07, 6.45) is 3.76. The number of pyridine rings is 1. The molecule has 8 nitrogen and oxygen atoms in total. The Morgan fingerprint density at radius 1 is 1.17 bits per heavy atom. The highest BCUT2D eigenvalue weighted by molar-refractivity contribution is 5.77. The molecule has 1 fully saturated rings. The molecule has 180 valence electrons. The second-order valence-corrected chi connectivity index (χ2v) is 9.21. The van der Waals surface area contributed by atoms with Crippen molar-refractivity contribution in [3.8, 4) is 5.82 Å². The molecular weight excluding hydrogens is 452 g/mol. The molecule has 2 aliphatic rings. The summed E-state index contributed by atoms with van der Waals surface area (Å²) >= 11 is 0. The lowest BCUT2D eigenvalue weighted by atomic mass is 10.0. The Hall–Kier alpha value is -3.66. The van der Waals surface area contributed by atoms with Crippen LogP contribution in [0.3, 0.4) is 0 Å². The van der Waals surface area contributed by atoms with E-state index >= 15 is 4.39 Å². The van der Waals surface area contributed by atoms with E-state index in [4.69, 9.17) is 0 Å². The first-order valence-corrected chi connectivity index (χ1v) is 11.8. The van der Waals surface area contributed by atoms with E-state index in [1.807, 2.05) is 6.07 Å². The van der Waals surface area contributed by atoms with E-state index in [1.165, 1.54) is 38.8 Å². The van der Waals surface area contributed by atoms with E-state index in [9.17, 15) is 9.18 Å². The smallest absolute Gasteiger partial charge is 0.278 e. The minimum absolute atomic E-state index is 0.0688. The quantitative estimate of drug-likeness (QED) is 0.442. The number of halogens is 2. The van der Waals surface area contributed by atoms with Crippen LogP contribution in [0.4, 0.5) is 20.4 Å². The summed E-state index contributed by atoms with van der Waals surface area (Å²) in [6.45, 7) is 3.27. The van der Waals surface area contributed by atoms with E-state index < -0.39 is 17.9 Å². The maximum absolute atomic E-state index is 15.1. The minimum atomic E-state index is -0.661. The van der Waals surface area contributed by atoms with Gasteiger partial charge in [-0.15, -0.1) is 0 Å². The van der Waals surface area contributed by atoms with Crippen molar-refractivity contribution in [2.24, 2.45) is 0 Å². The molecule has 4 heterocycles. The fourth-order valence-electron chi connectivity index (χ4n) is 4.76. The van der Waals surface area contributed by atoms with Crippen molar-refractivity contribution < 1.29 is 8.78 Å². The number of hydrogen-bond acceptors (Lipinski definition) is 6. The first kappa shape index (κ1) is 21.8. The molecule has 10 heteroatoms. The molecule has 1 aromatic carbocycles. The number of aromatic nitrogens is 5. The molecule has 2 N–H and O–H groups in total. The summed E-state index contributed by atoms with van der Waals surface area (Å²) in [5.74, 6) is -0.402. The van der Waals surface area contributed by atoms with Gasteiger partial charge in [-0.05, 0) is 68.1 Å². The number of benzene rings is 1. The predicted molar refractivity (Wildman–Crippen MR) is 129 cm³/mol. The van der Waals surface area contributed by atoms with Gasteiger partial charge in [0.25, 0.3) is 5.56 Å². The zero-order valence-electron chi connectivity index (χ0n) is 19.3. The van der Waals surface area contributed by atoms with Gasteiger partial charge in [0.1, 0.15) is 12.1 Å². The highest BCUT2D eigenvalue weighted by Gasteiger charge is 2.46. The van der Waals surface area contributed by atoms with E-state index in [-0.39, 0.29) is 34.9 Å². The van der Waals surface area contributed by atoms with Gasteiger partial charge in [0.15, 0.2) is 17.3 Å². The Bertz CT molecular complexity index is 1510. The van der Waals surface area contributed by atoms with Crippen LogP contribution in [0.5, 0.6) is 0 Å². The largest absolute Gasteiger partial charge is 0.324 e. The van der Waals surface area contributed by atoms with Crippen LogP contribution < -0.4 is 16.2 Å². The van der Waals surface area contributed by atoms with Gasteiger partial charge >= 0.3 is 0 Å². The van der Waals surface area contributed by atoms with Crippen molar-refractivity contribution in [1.82, 2.24) is 29.6 Å². The molecule has 0 unspecified atom stereocenters. The number of hydrogen-bond donors (Lipinski definition) is 2. The van der Waals surface area contributed by atoms with Crippen LogP contribution in [-0.2, 0) is 24.9 Å². The summed E-state index contributed by atoms with van der Waals surface area (Å²) in [6, 6.07) is 8.92. The molecule has 35 heavy (non-hydrogen) atoms. The number of fused-ring (bicyclic) bond motifs is 2. The molecule has 0 saturated heterocycles. The van der Waals surface area contributed by atoms with Crippen LogP contribution in [0.15, 0.2) is 41.3 Å². The first-order valence-electron chi connectivity index (χ1n) is 11.8. The summed E-state index contributed by atoms with van der Waals surface area (Å²) in [4.78, 5) is 26.5. The maximum atomic E-state index is 15.1. The van der Waals surface area contributed by atoms with Crippen LogP contribution in [0, 0.1) is 5.82 Å². The fourth-order valence-corrected chi connectivity index (χ4v) is 4.76. The summed E-state index contributed by atoms with van der Waals surface area (Å²) in [7, 11) is 0. The second-order valence-electron chi connectivity index (χ2n) is 9.21. The third-order valence-corrected chi connectivity index (χ3v) is 7.00. The van der Waals surface area contributed by atoms with Gasteiger partial charge in [-0.3, -0.25) is 9.18 Å². The highest BCUT2D eigenvalue weighted by Crippen LogP contribution is 2.47. The van der Waals surface area contributed by atoms with E-state index in [0.717, 1.165) is 25.2 Å². The SMILES string of the molecule is CCn1c(=O)c2cnc(Nc3ccc4c(c3)CNCC4)nc2n1-c1nc(C2(CF)CC2)ccc1F. The Labute approximate surface area is 200 Å². The molecule has 6 rings (SSSR count). The van der Waals surface area contributed by atoms with Crippen LogP contribution in [0.2, 0.25) is 0 Å². The van der Waals surface area contributed by atoms with Crippen molar-refractivity contribution in [2.45, 2.75) is 44.7 Å². The number of anilines is 2. The number of alkyl halides is 1. The third-order valence-electron chi connectivity index (χ3n) is 7.00. The van der Waals surface area contributed by atoms with Crippen molar-refractivity contribution in [1.29, 1.82) is 0 Å². The third kappa shape index (κ3) is 3.59. The van der Waals surface area contributed by atoms with Gasteiger partial charge < -0.3 is 10.6 Å². The average molecular weight is 478 g/mol. The molecule has 1 aliphatic carbocycles. The summed E-state index contributed by atoms with van der Waals surface area (Å²) in [5, 5.41) is 6.82. The maximum Gasteiger partial charge on any atom is 0.278 e. The first-order chi connectivity index (χ1) is 17.0. The van der Waals surface area contributed by atoms with Gasteiger partial charge in [-0.1, -0.05) is 6.07 Å². The molecule has 0 spiro atoms. The molecule has 1 saturated carbocycles. The average Bonchev–Trinajstić information content (AvgIpc) is 3.63. The van der Waals surface area contributed by atoms with E-state index in [0.29, 0.717) is 18.5 Å². The fraction of sp³-hybridized carbons (Fsp3) is 0.360. The van der Waals surface area contributed by atoms with Crippen LogP contribution in [-0.4, -0.2) is 37.5 Å². The van der Waals surface area contributed by atoms with Crippen molar-refractivity contribution in [2.75, 3.05) is 18.5 Å². The number of nitrogens with one attached hydrogen (secondary N) is 2. The lowest BCUT2D eigenvalue weighted by Crippen LogP contribution is -2.23. The van der Waals surface area contributed by atoms with Gasteiger partial charge in [0.05, 0.1) is 5.69 Å². The molecule has 1 aliphatic heterocycles. The Morgan fingerprint density at radius 3 is 2.80 bits per heavy atom. The molecule has 0 radical (unpaired) electrons. The van der Waals surface area contributed by atoms with Crippen molar-refractivity contribution >= 4 is 22.7 Å². The van der Waals surface area contributed by atoms with Gasteiger partial charge in [-0.2, -0.15) is 4.98 Å². The zero-order chi connectivity index (χ0) is 24.2. The van der Waals surface area contributed by atoms with Gasteiger partial charge in [-0.25, -0.2) is 23.7 Å². The molecule has 0 amide bonds. The highest BCUT2D eigenvalue weighted by atomic mass is 19.1. The topological polar surface area (TPSA) is 89.7 Å². The van der Waals surface area contributed by atoms with E-state index in [1.54, 1.807) is 6.92 Å². The van der Waals surface area contributed by atoms with Crippen LogP contribution in [0.1, 0.15) is 36.6 Å². The molecule has 4 aromatic rings. The van der Waals surface area contributed by atoms with Crippen molar-refractivity contribution in [3.63, 3.8) is 0 Å². The summed E-state index contributed by atoms with van der Waals surface area (Å²) in [5.41, 5.74) is 3.06. The standard InChI is InChI=1S/C25H25F2N7O/c1-2-33-23(35)18-13-29-24(30-17-4-3-15-7-10-28-12-16(15)11-17)32-21(18)34(33)22-19(27)5-6-20(31-22)25(14-26)8-9-25/h3-6,11,13,28H,2,7-10,12,14H2,1H3,(H,29,30,32). The molecule has 3 aromatic heterocycles. The normalized spacial score (nSPS) is 16.3. The lowest BCUT2D eigenvalue weighted by molar-refractivity contribution is 0.410. The number of nitrogens with zero attached hydrogens (tertiary/aromatic N) is 5. The van der Waals surface area contributed by atoms with Gasteiger partial charge in [0, 0.05) is 30.4 Å². The Kier molecular flexibility index (Phi) is 5.14. The van der Waals surface area contributed by atoms with Crippen LogP contribution >= 0.6 is 0 Å². The monoisotopic (exact) mass is 477 g/mol. The second kappa shape index (κ2) is 8.23. The predicted octanol–water partition coefficient (Wildman–Crippen LogP) is 3.53. The minimum Gasteiger partial charge on any atom is -0.324 e. The Balaban J connectivity index is 1.46. The number of rotatable bonds is 6. The molecule has 0 bridgehead atoms. The van der Waals surface area contributed by atoms with E-state index in [2.05, 4.69) is 37.7 Å². The van der Waals surface area contributed by atoms with Crippen LogP contribution in [0.25, 0.3) is 16.9 Å². The molecular formula is C25H25F2N7O.